The first kappa shape index (κ1) is 38.9. The number of fused-ring (bicyclic) bond motifs is 3. The minimum Gasteiger partial charge on any atom is -0.309 e. The van der Waals surface area contributed by atoms with Crippen molar-refractivity contribution in [1.82, 2.24) is 19.5 Å². The van der Waals surface area contributed by atoms with E-state index in [2.05, 4.69) is 213 Å². The van der Waals surface area contributed by atoms with E-state index in [1.54, 1.807) is 0 Å². The zero-order valence-corrected chi connectivity index (χ0v) is 36.7. The van der Waals surface area contributed by atoms with E-state index >= 15 is 0 Å². The molecule has 0 amide bonds. The van der Waals surface area contributed by atoms with Crippen LogP contribution in [0.15, 0.2) is 231 Å². The van der Waals surface area contributed by atoms with Crippen molar-refractivity contribution in [3.8, 4) is 51.0 Å². The molecule has 0 aliphatic heterocycles. The van der Waals surface area contributed by atoms with Crippen molar-refractivity contribution >= 4 is 50.6 Å². The topological polar surface area (TPSA) is 43.6 Å². The second-order valence-electron chi connectivity index (χ2n) is 16.5. The molecule has 0 fully saturated rings. The maximum Gasteiger partial charge on any atom is 0.180 e. The van der Waals surface area contributed by atoms with Crippen LogP contribution in [0.1, 0.15) is 11.1 Å². The first-order chi connectivity index (χ1) is 31.6. The SMILES string of the molecule is Cc1ccc2c(c1)c1cc(C)ccc1n2-c1cc(-c2nc(-c3ccccc3)nc(-c3ccccc3)n2)ccc1-c1ccccc1[Si](c1ccccc1)(c1ccccc1)c1ccccc1. The zero-order chi connectivity index (χ0) is 43.0. The van der Waals surface area contributed by atoms with Crippen LogP contribution in [0, 0.1) is 13.8 Å². The summed E-state index contributed by atoms with van der Waals surface area (Å²) >= 11 is 0. The fourth-order valence-corrected chi connectivity index (χ4v) is 14.6. The summed E-state index contributed by atoms with van der Waals surface area (Å²) in [6, 6.07) is 83.5. The first-order valence-electron chi connectivity index (χ1n) is 21.9. The zero-order valence-electron chi connectivity index (χ0n) is 35.7. The summed E-state index contributed by atoms with van der Waals surface area (Å²) in [6.07, 6.45) is 0. The van der Waals surface area contributed by atoms with E-state index in [1.165, 1.54) is 48.2 Å². The highest BCUT2D eigenvalue weighted by molar-refractivity contribution is 7.20. The molecule has 4 nitrogen and oxygen atoms in total. The normalized spacial score (nSPS) is 11.6. The molecule has 0 N–H and O–H groups in total. The van der Waals surface area contributed by atoms with E-state index in [4.69, 9.17) is 15.0 Å². The minimum atomic E-state index is -2.97. The highest BCUT2D eigenvalue weighted by Gasteiger charge is 2.43. The Labute approximate surface area is 374 Å². The lowest BCUT2D eigenvalue weighted by Gasteiger charge is -2.36. The third-order valence-electron chi connectivity index (χ3n) is 12.5. The number of nitrogens with zero attached hydrogens (tertiary/aromatic N) is 4. The molecule has 0 saturated heterocycles. The third kappa shape index (κ3) is 6.74. The molecule has 0 saturated carbocycles. The molecule has 0 unspecified atom stereocenters. The maximum atomic E-state index is 5.22. The molecule has 0 atom stereocenters. The molecule has 11 rings (SSSR count). The number of rotatable bonds is 9. The average molecular weight is 837 g/mol. The molecule has 0 radical (unpaired) electrons. The van der Waals surface area contributed by atoms with Crippen LogP contribution >= 0.6 is 0 Å². The molecule has 5 heteroatoms. The van der Waals surface area contributed by atoms with Gasteiger partial charge in [0, 0.05) is 33.0 Å². The van der Waals surface area contributed by atoms with Gasteiger partial charge in [-0.25, -0.2) is 15.0 Å². The number of hydrogen-bond acceptors (Lipinski definition) is 3. The second kappa shape index (κ2) is 16.4. The Morgan fingerprint density at radius 2 is 0.750 bits per heavy atom. The Morgan fingerprint density at radius 3 is 1.22 bits per heavy atom. The Balaban J connectivity index is 1.25. The van der Waals surface area contributed by atoms with Crippen molar-refractivity contribution in [2.45, 2.75) is 13.8 Å². The van der Waals surface area contributed by atoms with E-state index < -0.39 is 8.07 Å². The molecule has 0 spiro atoms. The highest BCUT2D eigenvalue weighted by Crippen LogP contribution is 2.39. The van der Waals surface area contributed by atoms with E-state index in [0.29, 0.717) is 17.5 Å². The second-order valence-corrected chi connectivity index (χ2v) is 20.3. The van der Waals surface area contributed by atoms with E-state index in [0.717, 1.165) is 39.0 Å². The molecule has 0 aliphatic rings. The standard InChI is InChI=1S/C59H44N4Si/c1-41-32-36-53-51(38-41)52-39-42(2)33-37-54(52)63(53)55-40-45(59-61-57(43-20-8-3-9-21-43)60-58(62-59)44-22-10-4-11-23-44)34-35-49(55)50-30-18-19-31-56(50)64(46-24-12-5-13-25-46,47-26-14-6-15-27-47)48-28-16-7-17-29-48/h3-40H,1-2H3. The van der Waals surface area contributed by atoms with Crippen LogP contribution in [-0.4, -0.2) is 27.6 Å². The largest absolute Gasteiger partial charge is 0.309 e. The van der Waals surface area contributed by atoms with Crippen molar-refractivity contribution in [1.29, 1.82) is 0 Å². The van der Waals surface area contributed by atoms with Gasteiger partial charge >= 0.3 is 0 Å². The van der Waals surface area contributed by atoms with Gasteiger partial charge in [-0.05, 0) is 70.5 Å². The lowest BCUT2D eigenvalue weighted by atomic mass is 10.00. The molecular weight excluding hydrogens is 793 g/mol. The Morgan fingerprint density at radius 1 is 0.344 bits per heavy atom. The average Bonchev–Trinajstić information content (AvgIpc) is 3.68. The third-order valence-corrected chi connectivity index (χ3v) is 17.4. The van der Waals surface area contributed by atoms with Crippen LogP contribution < -0.4 is 20.7 Å². The summed E-state index contributed by atoms with van der Waals surface area (Å²) in [7, 11) is -2.97. The van der Waals surface area contributed by atoms with E-state index in [-0.39, 0.29) is 0 Å². The van der Waals surface area contributed by atoms with Gasteiger partial charge in [0.25, 0.3) is 0 Å². The quantitative estimate of drug-likeness (QED) is 0.107. The number of benzene rings is 9. The summed E-state index contributed by atoms with van der Waals surface area (Å²) in [6.45, 7) is 4.36. The van der Waals surface area contributed by atoms with Gasteiger partial charge < -0.3 is 4.57 Å². The van der Waals surface area contributed by atoms with Crippen LogP contribution in [0.2, 0.25) is 0 Å². The predicted octanol–water partition coefficient (Wildman–Crippen LogP) is 11.6. The van der Waals surface area contributed by atoms with Crippen LogP contribution in [0.25, 0.3) is 72.8 Å². The van der Waals surface area contributed by atoms with Crippen LogP contribution in [0.4, 0.5) is 0 Å². The summed E-state index contributed by atoms with van der Waals surface area (Å²) in [5, 5.41) is 7.75. The molecule has 2 aromatic heterocycles. The lowest BCUT2D eigenvalue weighted by molar-refractivity contribution is 1.07. The number of aromatic nitrogens is 4. The van der Waals surface area contributed by atoms with Crippen LogP contribution in [0.3, 0.4) is 0 Å². The summed E-state index contributed by atoms with van der Waals surface area (Å²) < 4.78 is 2.47. The van der Waals surface area contributed by atoms with Gasteiger partial charge in [-0.15, -0.1) is 0 Å². The van der Waals surface area contributed by atoms with Gasteiger partial charge in [0.2, 0.25) is 0 Å². The van der Waals surface area contributed by atoms with Crippen molar-refractivity contribution in [3.63, 3.8) is 0 Å². The Kier molecular flexibility index (Phi) is 9.95. The molecule has 9 aromatic carbocycles. The number of hydrogen-bond donors (Lipinski definition) is 0. The van der Waals surface area contributed by atoms with Crippen molar-refractivity contribution < 1.29 is 0 Å². The van der Waals surface area contributed by atoms with E-state index in [9.17, 15) is 0 Å². The lowest BCUT2D eigenvalue weighted by Crippen LogP contribution is -2.75. The number of aryl methyl sites for hydroxylation is 2. The van der Waals surface area contributed by atoms with Gasteiger partial charge in [0.15, 0.2) is 25.5 Å². The van der Waals surface area contributed by atoms with Gasteiger partial charge in [-0.1, -0.05) is 211 Å². The summed E-state index contributed by atoms with van der Waals surface area (Å²) in [5.74, 6) is 1.88. The fourth-order valence-electron chi connectivity index (χ4n) is 9.61. The Bertz CT molecular complexity index is 3230. The monoisotopic (exact) mass is 836 g/mol. The molecule has 2 heterocycles. The van der Waals surface area contributed by atoms with Crippen LogP contribution in [-0.2, 0) is 0 Å². The molecular formula is C59H44N4Si. The van der Waals surface area contributed by atoms with Crippen molar-refractivity contribution in [3.05, 3.63) is 242 Å². The van der Waals surface area contributed by atoms with E-state index in [1.807, 2.05) is 36.4 Å². The molecule has 11 aromatic rings. The van der Waals surface area contributed by atoms with Gasteiger partial charge in [-0.2, -0.15) is 0 Å². The van der Waals surface area contributed by atoms with Gasteiger partial charge in [0.05, 0.1) is 16.7 Å². The molecule has 0 aliphatic carbocycles. The highest BCUT2D eigenvalue weighted by atomic mass is 28.3. The van der Waals surface area contributed by atoms with Crippen molar-refractivity contribution in [2.24, 2.45) is 0 Å². The van der Waals surface area contributed by atoms with Gasteiger partial charge in [-0.3, -0.25) is 0 Å². The molecule has 64 heavy (non-hydrogen) atoms. The molecule has 304 valence electrons. The molecule has 0 bridgehead atoms. The summed E-state index contributed by atoms with van der Waals surface area (Å²) in [5.41, 5.74) is 10.9. The Hall–Kier alpha value is -7.99. The summed E-state index contributed by atoms with van der Waals surface area (Å²) in [4.78, 5) is 15.5. The van der Waals surface area contributed by atoms with Gasteiger partial charge in [0.1, 0.15) is 0 Å². The van der Waals surface area contributed by atoms with Crippen LogP contribution in [0.5, 0.6) is 0 Å². The van der Waals surface area contributed by atoms with Crippen molar-refractivity contribution in [2.75, 3.05) is 0 Å². The first-order valence-corrected chi connectivity index (χ1v) is 23.9. The maximum absolute atomic E-state index is 5.22. The fraction of sp³-hybridized carbons (Fsp3) is 0.0339. The minimum absolute atomic E-state index is 0.614. The predicted molar refractivity (Wildman–Crippen MR) is 269 cm³/mol. The smallest absolute Gasteiger partial charge is 0.180 e.